The van der Waals surface area contributed by atoms with Gasteiger partial charge in [-0.2, -0.15) is 0 Å². The Bertz CT molecular complexity index is 507. The van der Waals surface area contributed by atoms with Crippen molar-refractivity contribution >= 4 is 29.3 Å². The van der Waals surface area contributed by atoms with Crippen molar-refractivity contribution in [1.29, 1.82) is 0 Å². The average Bonchev–Trinajstić information content (AvgIpc) is 2.43. The molecule has 0 spiro atoms. The van der Waals surface area contributed by atoms with Crippen LogP contribution in [0.3, 0.4) is 0 Å². The molecule has 0 radical (unpaired) electrons. The van der Waals surface area contributed by atoms with Gasteiger partial charge in [-0.1, -0.05) is 37.9 Å². The van der Waals surface area contributed by atoms with E-state index in [2.05, 4.69) is 5.32 Å². The fraction of sp³-hybridized carbons (Fsp3) is 0.467. The van der Waals surface area contributed by atoms with Crippen LogP contribution in [0.25, 0.3) is 0 Å². The van der Waals surface area contributed by atoms with Gasteiger partial charge < -0.3 is 10.4 Å². The lowest BCUT2D eigenvalue weighted by Gasteiger charge is -2.26. The Morgan fingerprint density at radius 2 is 2.05 bits per heavy atom. The van der Waals surface area contributed by atoms with Gasteiger partial charge in [-0.3, -0.25) is 9.69 Å². The first-order valence-electron chi connectivity index (χ1n) is 6.90. The topological polar surface area (TPSA) is 69.6 Å². The predicted molar refractivity (Wildman–Crippen MR) is 83.9 cm³/mol. The normalized spacial score (nSPS) is 13.3. The zero-order valence-electron chi connectivity index (χ0n) is 12.5. The number of carboxylic acid groups (broad SMARTS) is 1. The maximum Gasteiger partial charge on any atom is 0.323 e. The number of halogens is 1. The Kier molecular flexibility index (Phi) is 6.49. The van der Waals surface area contributed by atoms with Crippen molar-refractivity contribution in [2.24, 2.45) is 5.92 Å². The largest absolute Gasteiger partial charge is 0.480 e. The molecule has 0 aliphatic rings. The highest BCUT2D eigenvalue weighted by Crippen LogP contribution is 2.20. The third-order valence-corrected chi connectivity index (χ3v) is 3.74. The number of urea groups is 1. The van der Waals surface area contributed by atoms with Crippen LogP contribution in [-0.2, 0) is 4.79 Å². The first kappa shape index (κ1) is 17.3. The Labute approximate surface area is 129 Å². The van der Waals surface area contributed by atoms with Crippen LogP contribution < -0.4 is 10.2 Å². The lowest BCUT2D eigenvalue weighted by Crippen LogP contribution is -2.47. The molecule has 2 atom stereocenters. The number of nitrogens with zero attached hydrogens (tertiary/aromatic N) is 1. The van der Waals surface area contributed by atoms with Crippen molar-refractivity contribution in [1.82, 2.24) is 5.32 Å². The summed E-state index contributed by atoms with van der Waals surface area (Å²) in [6, 6.07) is 6.09. The van der Waals surface area contributed by atoms with Gasteiger partial charge in [0.1, 0.15) is 6.54 Å². The molecule has 116 valence electrons. The predicted octanol–water partition coefficient (Wildman–Crippen LogP) is 3.38. The number of hydrogen-bond acceptors (Lipinski definition) is 2. The van der Waals surface area contributed by atoms with Crippen LogP contribution in [0.5, 0.6) is 0 Å². The number of amides is 2. The number of carbonyl (C=O) groups is 2. The highest BCUT2D eigenvalue weighted by molar-refractivity contribution is 6.30. The van der Waals surface area contributed by atoms with E-state index in [-0.39, 0.29) is 6.04 Å². The van der Waals surface area contributed by atoms with Gasteiger partial charge in [-0.25, -0.2) is 4.79 Å². The molecule has 6 heteroatoms. The third-order valence-electron chi connectivity index (χ3n) is 3.51. The summed E-state index contributed by atoms with van der Waals surface area (Å²) in [7, 11) is 0. The summed E-state index contributed by atoms with van der Waals surface area (Å²) >= 11 is 5.90. The van der Waals surface area contributed by atoms with Crippen LogP contribution in [0.1, 0.15) is 27.2 Å². The molecule has 1 aromatic carbocycles. The van der Waals surface area contributed by atoms with Gasteiger partial charge in [0, 0.05) is 16.8 Å². The van der Waals surface area contributed by atoms with Crippen LogP contribution in [0.15, 0.2) is 24.3 Å². The van der Waals surface area contributed by atoms with Gasteiger partial charge in [0.05, 0.1) is 0 Å². The van der Waals surface area contributed by atoms with Gasteiger partial charge in [0.2, 0.25) is 0 Å². The van der Waals surface area contributed by atoms with Crippen molar-refractivity contribution in [2.75, 3.05) is 11.4 Å². The van der Waals surface area contributed by atoms with Crippen molar-refractivity contribution in [3.8, 4) is 0 Å². The van der Waals surface area contributed by atoms with Crippen LogP contribution in [0.4, 0.5) is 10.5 Å². The van der Waals surface area contributed by atoms with Crippen LogP contribution in [0, 0.1) is 5.92 Å². The summed E-state index contributed by atoms with van der Waals surface area (Å²) in [4.78, 5) is 24.5. The number of benzene rings is 1. The van der Waals surface area contributed by atoms with E-state index in [9.17, 15) is 9.59 Å². The minimum absolute atomic E-state index is 0.0435. The molecule has 0 saturated heterocycles. The average molecular weight is 313 g/mol. The second-order valence-corrected chi connectivity index (χ2v) is 5.52. The maximum absolute atomic E-state index is 12.3. The van der Waals surface area contributed by atoms with Crippen molar-refractivity contribution in [3.05, 3.63) is 29.3 Å². The van der Waals surface area contributed by atoms with E-state index in [1.807, 2.05) is 20.8 Å². The summed E-state index contributed by atoms with van der Waals surface area (Å²) in [5.74, 6) is -0.777. The van der Waals surface area contributed by atoms with Gasteiger partial charge >= 0.3 is 12.0 Å². The number of aliphatic carboxylic acids is 1. The number of rotatable bonds is 6. The molecule has 0 fully saturated rings. The Morgan fingerprint density at radius 3 is 2.57 bits per heavy atom. The Morgan fingerprint density at radius 1 is 1.38 bits per heavy atom. The molecule has 2 unspecified atom stereocenters. The minimum Gasteiger partial charge on any atom is -0.480 e. The molecule has 2 N–H and O–H groups in total. The second kappa shape index (κ2) is 7.88. The zero-order valence-corrected chi connectivity index (χ0v) is 13.2. The molecule has 0 bridgehead atoms. The van der Waals surface area contributed by atoms with Crippen molar-refractivity contribution in [3.63, 3.8) is 0 Å². The molecular formula is C15H21ClN2O3. The van der Waals surface area contributed by atoms with E-state index >= 15 is 0 Å². The van der Waals surface area contributed by atoms with Crippen LogP contribution in [-0.4, -0.2) is 29.7 Å². The first-order chi connectivity index (χ1) is 9.85. The molecular weight excluding hydrogens is 292 g/mol. The first-order valence-corrected chi connectivity index (χ1v) is 7.28. The summed E-state index contributed by atoms with van der Waals surface area (Å²) in [6.07, 6.45) is 0.928. The quantitative estimate of drug-likeness (QED) is 0.846. The van der Waals surface area contributed by atoms with E-state index in [0.717, 1.165) is 6.42 Å². The second-order valence-electron chi connectivity index (χ2n) is 5.08. The zero-order chi connectivity index (χ0) is 16.0. The van der Waals surface area contributed by atoms with Crippen molar-refractivity contribution < 1.29 is 14.7 Å². The third kappa shape index (κ3) is 5.27. The van der Waals surface area contributed by atoms with Gasteiger partial charge in [0.15, 0.2) is 0 Å². The standard InChI is InChI=1S/C15H21ClN2O3/c1-4-10(2)11(3)17-15(21)18(9-14(19)20)13-7-5-6-12(16)8-13/h5-8,10-11H,4,9H2,1-3H3,(H,17,21)(H,19,20). The molecule has 0 aromatic heterocycles. The molecule has 5 nitrogen and oxygen atoms in total. The van der Waals surface area contributed by atoms with E-state index in [1.54, 1.807) is 24.3 Å². The smallest absolute Gasteiger partial charge is 0.323 e. The van der Waals surface area contributed by atoms with E-state index in [0.29, 0.717) is 16.6 Å². The molecule has 2 amide bonds. The molecule has 21 heavy (non-hydrogen) atoms. The highest BCUT2D eigenvalue weighted by Gasteiger charge is 2.22. The lowest BCUT2D eigenvalue weighted by atomic mass is 10.0. The van der Waals surface area contributed by atoms with Crippen LogP contribution in [0.2, 0.25) is 5.02 Å². The van der Waals surface area contributed by atoms with Gasteiger partial charge in [-0.15, -0.1) is 0 Å². The number of carboxylic acids is 1. The lowest BCUT2D eigenvalue weighted by molar-refractivity contribution is -0.135. The molecule has 1 rings (SSSR count). The molecule has 0 saturated carbocycles. The number of hydrogen-bond donors (Lipinski definition) is 2. The maximum atomic E-state index is 12.3. The summed E-state index contributed by atoms with van der Waals surface area (Å²) in [5, 5.41) is 12.3. The molecule has 0 aliphatic carbocycles. The number of anilines is 1. The van der Waals surface area contributed by atoms with Crippen molar-refractivity contribution in [2.45, 2.75) is 33.2 Å². The highest BCUT2D eigenvalue weighted by atomic mass is 35.5. The minimum atomic E-state index is -1.08. The van der Waals surface area contributed by atoms with E-state index in [1.165, 1.54) is 4.90 Å². The molecule has 0 aliphatic heterocycles. The summed E-state index contributed by atoms with van der Waals surface area (Å²) in [5.41, 5.74) is 0.457. The monoisotopic (exact) mass is 312 g/mol. The Hall–Kier alpha value is -1.75. The summed E-state index contributed by atoms with van der Waals surface area (Å²) in [6.45, 7) is 5.56. The fourth-order valence-corrected chi connectivity index (χ4v) is 2.01. The number of carbonyl (C=O) groups excluding carboxylic acids is 1. The molecule has 1 aromatic rings. The Balaban J connectivity index is 2.92. The van der Waals surface area contributed by atoms with E-state index in [4.69, 9.17) is 16.7 Å². The van der Waals surface area contributed by atoms with Gasteiger partial charge in [0.25, 0.3) is 0 Å². The molecule has 0 heterocycles. The van der Waals surface area contributed by atoms with E-state index < -0.39 is 18.5 Å². The van der Waals surface area contributed by atoms with Gasteiger partial charge in [-0.05, 0) is 31.0 Å². The van der Waals surface area contributed by atoms with Crippen LogP contribution >= 0.6 is 11.6 Å². The summed E-state index contributed by atoms with van der Waals surface area (Å²) < 4.78 is 0. The fourth-order valence-electron chi connectivity index (χ4n) is 1.83. The SMILES string of the molecule is CCC(C)C(C)NC(=O)N(CC(=O)O)c1cccc(Cl)c1. The number of nitrogens with one attached hydrogen (secondary N) is 1.